The molecule has 57 heavy (non-hydrogen) atoms. The fourth-order valence-electron chi connectivity index (χ4n) is 8.72. The zero-order valence-electron chi connectivity index (χ0n) is 31.2. The summed E-state index contributed by atoms with van der Waals surface area (Å²) in [6.45, 7) is 0. The van der Waals surface area contributed by atoms with E-state index in [0.717, 1.165) is 39.2 Å². The third-order valence-corrected chi connectivity index (χ3v) is 11.4. The highest BCUT2D eigenvalue weighted by Gasteiger charge is 2.20. The lowest BCUT2D eigenvalue weighted by Gasteiger charge is -2.19. The first-order valence-corrected chi connectivity index (χ1v) is 19.5. The first kappa shape index (κ1) is 32.8. The van der Waals surface area contributed by atoms with E-state index in [1.54, 1.807) is 0 Å². The number of fused-ring (bicyclic) bond motifs is 4. The minimum absolute atomic E-state index is 0.931. The molecule has 1 heterocycles. The van der Waals surface area contributed by atoms with E-state index < -0.39 is 0 Å². The Morgan fingerprint density at radius 2 is 0.877 bits per heavy atom. The molecule has 10 aromatic carbocycles. The molecule has 0 bridgehead atoms. The molecular formula is C55H36N2. The maximum absolute atomic E-state index is 5.35. The van der Waals surface area contributed by atoms with Crippen LogP contribution >= 0.6 is 0 Å². The molecule has 11 rings (SSSR count). The molecule has 0 saturated heterocycles. The van der Waals surface area contributed by atoms with Gasteiger partial charge in [0.25, 0.3) is 0 Å². The van der Waals surface area contributed by atoms with E-state index in [-0.39, 0.29) is 0 Å². The van der Waals surface area contributed by atoms with E-state index in [9.17, 15) is 0 Å². The molecule has 0 saturated carbocycles. The summed E-state index contributed by atoms with van der Waals surface area (Å²) in [5.74, 6) is 0.931. The molecule has 0 unspecified atom stereocenters. The summed E-state index contributed by atoms with van der Waals surface area (Å²) < 4.78 is 2.28. The highest BCUT2D eigenvalue weighted by Crippen LogP contribution is 2.46. The summed E-state index contributed by atoms with van der Waals surface area (Å²) in [7, 11) is 0. The van der Waals surface area contributed by atoms with Crippen molar-refractivity contribution in [3.63, 3.8) is 0 Å². The Hall–Kier alpha value is -7.55. The lowest BCUT2D eigenvalue weighted by Crippen LogP contribution is -1.97. The molecule has 0 radical (unpaired) electrons. The average Bonchev–Trinajstić information content (AvgIpc) is 3.69. The van der Waals surface area contributed by atoms with Gasteiger partial charge in [0.15, 0.2) is 0 Å². The normalized spacial score (nSPS) is 11.5. The summed E-state index contributed by atoms with van der Waals surface area (Å²) >= 11 is 0. The third-order valence-electron chi connectivity index (χ3n) is 11.4. The molecule has 266 valence electrons. The zero-order valence-corrected chi connectivity index (χ0v) is 31.2. The van der Waals surface area contributed by atoms with Gasteiger partial charge in [-0.3, -0.25) is 4.57 Å². The molecule has 0 aliphatic rings. The molecule has 0 amide bonds. The van der Waals surface area contributed by atoms with Crippen LogP contribution in [-0.4, -0.2) is 9.55 Å². The van der Waals surface area contributed by atoms with Crippen LogP contribution in [0.1, 0.15) is 0 Å². The Morgan fingerprint density at radius 1 is 0.316 bits per heavy atom. The Bertz CT molecular complexity index is 3250. The molecule has 0 spiro atoms. The van der Waals surface area contributed by atoms with Crippen LogP contribution in [0.15, 0.2) is 218 Å². The van der Waals surface area contributed by atoms with Gasteiger partial charge in [0.05, 0.1) is 11.0 Å². The maximum Gasteiger partial charge on any atom is 0.145 e. The van der Waals surface area contributed by atoms with Crippen LogP contribution in [0.4, 0.5) is 0 Å². The molecule has 0 aliphatic carbocycles. The second-order valence-electron chi connectivity index (χ2n) is 14.7. The van der Waals surface area contributed by atoms with Crippen LogP contribution in [0.2, 0.25) is 0 Å². The highest BCUT2D eigenvalue weighted by molar-refractivity contribution is 6.22. The number of aromatic nitrogens is 2. The molecule has 0 aliphatic heterocycles. The lowest BCUT2D eigenvalue weighted by molar-refractivity contribution is 1.10. The minimum atomic E-state index is 0.931. The summed E-state index contributed by atoms with van der Waals surface area (Å²) in [4.78, 5) is 5.35. The number of hydrogen-bond acceptors (Lipinski definition) is 1. The first-order chi connectivity index (χ1) is 28.3. The fourth-order valence-corrected chi connectivity index (χ4v) is 8.72. The molecule has 1 aromatic heterocycles. The SMILES string of the molecule is c1ccc(-c2ccc3c(-c4ccc(-c5cccc6c5nc(-c5ccccc5)n6-c5ccccc5)cc4)c4ccccc4c(-c4ccc5ccccc5c4)c3c2)cc1. The van der Waals surface area contributed by atoms with E-state index in [0.29, 0.717) is 0 Å². The monoisotopic (exact) mass is 724 g/mol. The fraction of sp³-hybridized carbons (Fsp3) is 0. The standard InChI is InChI=1S/C55H36N2/c1-4-15-37(16-5-1)43-33-34-49-50(36-43)53(44-32-27-38-17-10-11-20-42(38)35-44)48-24-13-12-23-47(48)52(49)40-30-28-39(29-31-40)46-25-14-26-51-54(46)56-55(41-18-6-2-7-19-41)57(51)45-21-8-3-9-22-45/h1-36H. The largest absolute Gasteiger partial charge is 0.292 e. The second kappa shape index (κ2) is 13.6. The summed E-state index contributed by atoms with van der Waals surface area (Å²) in [6, 6.07) is 78.8. The Kier molecular flexibility index (Phi) is 7.86. The van der Waals surface area contributed by atoms with Gasteiger partial charge in [0, 0.05) is 16.8 Å². The van der Waals surface area contributed by atoms with Crippen LogP contribution in [-0.2, 0) is 0 Å². The van der Waals surface area contributed by atoms with Gasteiger partial charge in [-0.05, 0) is 102 Å². The van der Waals surface area contributed by atoms with Crippen molar-refractivity contribution >= 4 is 43.4 Å². The van der Waals surface area contributed by atoms with E-state index in [1.807, 2.05) is 0 Å². The van der Waals surface area contributed by atoms with Gasteiger partial charge in [-0.25, -0.2) is 4.98 Å². The highest BCUT2D eigenvalue weighted by atomic mass is 15.1. The Morgan fingerprint density at radius 3 is 1.61 bits per heavy atom. The molecule has 0 N–H and O–H groups in total. The van der Waals surface area contributed by atoms with Crippen LogP contribution in [0.5, 0.6) is 0 Å². The van der Waals surface area contributed by atoms with Crippen molar-refractivity contribution in [3.05, 3.63) is 218 Å². The lowest BCUT2D eigenvalue weighted by atomic mass is 9.84. The van der Waals surface area contributed by atoms with Crippen LogP contribution in [0, 0.1) is 0 Å². The number of imidazole rings is 1. The molecular weight excluding hydrogens is 689 g/mol. The van der Waals surface area contributed by atoms with Gasteiger partial charge < -0.3 is 0 Å². The van der Waals surface area contributed by atoms with Gasteiger partial charge in [0.2, 0.25) is 0 Å². The molecule has 0 fully saturated rings. The minimum Gasteiger partial charge on any atom is -0.292 e. The number of hydrogen-bond donors (Lipinski definition) is 0. The maximum atomic E-state index is 5.35. The zero-order chi connectivity index (χ0) is 37.7. The molecule has 2 heteroatoms. The van der Waals surface area contributed by atoms with Gasteiger partial charge in [-0.1, -0.05) is 188 Å². The Balaban J connectivity index is 1.11. The van der Waals surface area contributed by atoms with Gasteiger partial charge in [-0.2, -0.15) is 0 Å². The van der Waals surface area contributed by atoms with Crippen molar-refractivity contribution in [2.75, 3.05) is 0 Å². The van der Waals surface area contributed by atoms with E-state index >= 15 is 0 Å². The van der Waals surface area contributed by atoms with Crippen LogP contribution < -0.4 is 0 Å². The smallest absolute Gasteiger partial charge is 0.145 e. The van der Waals surface area contributed by atoms with E-state index in [4.69, 9.17) is 4.98 Å². The van der Waals surface area contributed by atoms with Crippen molar-refractivity contribution in [2.24, 2.45) is 0 Å². The third kappa shape index (κ3) is 5.61. The number of nitrogens with zero attached hydrogens (tertiary/aromatic N) is 2. The topological polar surface area (TPSA) is 17.8 Å². The van der Waals surface area contributed by atoms with Crippen molar-refractivity contribution in [3.8, 4) is 61.6 Å². The molecule has 2 nitrogen and oxygen atoms in total. The van der Waals surface area contributed by atoms with E-state index in [2.05, 4.69) is 223 Å². The second-order valence-corrected chi connectivity index (χ2v) is 14.7. The van der Waals surface area contributed by atoms with E-state index in [1.165, 1.54) is 65.7 Å². The van der Waals surface area contributed by atoms with Crippen LogP contribution in [0.25, 0.3) is 105 Å². The summed E-state index contributed by atoms with van der Waals surface area (Å²) in [5.41, 5.74) is 13.8. The van der Waals surface area contributed by atoms with Gasteiger partial charge in [0.1, 0.15) is 5.82 Å². The van der Waals surface area contributed by atoms with Crippen molar-refractivity contribution in [1.82, 2.24) is 9.55 Å². The summed E-state index contributed by atoms with van der Waals surface area (Å²) in [6.07, 6.45) is 0. The van der Waals surface area contributed by atoms with Crippen molar-refractivity contribution in [1.29, 1.82) is 0 Å². The Labute approximate surface area is 331 Å². The van der Waals surface area contributed by atoms with Gasteiger partial charge >= 0.3 is 0 Å². The quantitative estimate of drug-likeness (QED) is 0.156. The molecule has 0 atom stereocenters. The number of rotatable bonds is 6. The van der Waals surface area contributed by atoms with Crippen molar-refractivity contribution < 1.29 is 0 Å². The number of para-hydroxylation sites is 2. The first-order valence-electron chi connectivity index (χ1n) is 19.5. The predicted molar refractivity (Wildman–Crippen MR) is 241 cm³/mol. The predicted octanol–water partition coefficient (Wildman–Crippen LogP) is 14.8. The number of benzene rings is 10. The van der Waals surface area contributed by atoms with Gasteiger partial charge in [-0.15, -0.1) is 0 Å². The van der Waals surface area contributed by atoms with Crippen LogP contribution in [0.3, 0.4) is 0 Å². The molecule has 11 aromatic rings. The van der Waals surface area contributed by atoms with Crippen molar-refractivity contribution in [2.45, 2.75) is 0 Å². The average molecular weight is 725 g/mol. The summed E-state index contributed by atoms with van der Waals surface area (Å²) in [5, 5.41) is 7.45.